The average molecular weight is 515 g/mol. The fraction of sp³-hybridized carbons (Fsp3) is 0.533. The van der Waals surface area contributed by atoms with Gasteiger partial charge in [-0.05, 0) is 10.4 Å². The van der Waals surface area contributed by atoms with Crippen molar-refractivity contribution in [1.29, 1.82) is 0 Å². The van der Waals surface area contributed by atoms with Gasteiger partial charge < -0.3 is 25.9 Å². The van der Waals surface area contributed by atoms with E-state index in [0.29, 0.717) is 5.16 Å². The van der Waals surface area contributed by atoms with E-state index in [9.17, 15) is 19.5 Å². The highest BCUT2D eigenvalue weighted by Gasteiger charge is 2.57. The van der Waals surface area contributed by atoms with Crippen LogP contribution in [0.1, 0.15) is 5.82 Å². The average Bonchev–Trinajstić information content (AvgIpc) is 3.41. The number of amides is 2. The van der Waals surface area contributed by atoms with Gasteiger partial charge >= 0.3 is 5.97 Å². The smallest absolute Gasteiger partial charge is 0.313 e. The van der Waals surface area contributed by atoms with Crippen LogP contribution >= 0.6 is 35.1 Å². The highest BCUT2D eigenvalue weighted by atomic mass is 32.2. The maximum Gasteiger partial charge on any atom is 0.313 e. The number of carboxylic acid groups (broad SMARTS) is 1. The number of oxime groups is 1. The largest absolute Gasteiger partial charge is 0.481 e. The molecule has 0 saturated carbocycles. The first-order valence-electron chi connectivity index (χ1n) is 9.28. The summed E-state index contributed by atoms with van der Waals surface area (Å²) >= 11 is 3.38. The molecule has 2 aromatic rings. The maximum atomic E-state index is 12.8. The number of rotatable bonds is 8. The van der Waals surface area contributed by atoms with Crippen molar-refractivity contribution in [1.82, 2.24) is 39.8 Å². The lowest BCUT2D eigenvalue weighted by molar-refractivity contribution is -0.157. The van der Waals surface area contributed by atoms with E-state index in [2.05, 4.69) is 35.4 Å². The molecule has 15 nitrogen and oxygen atoms in total. The summed E-state index contributed by atoms with van der Waals surface area (Å²) in [6.45, 7) is 0.00662. The lowest BCUT2D eigenvalue weighted by atomic mass is 9.89. The number of fused-ring (bicyclic) bond motifs is 1. The number of nitrogen functional groups attached to an aromatic ring is 1. The molecule has 0 spiro atoms. The van der Waals surface area contributed by atoms with Crippen molar-refractivity contribution in [3.63, 3.8) is 0 Å². The van der Waals surface area contributed by atoms with Crippen molar-refractivity contribution in [3.8, 4) is 0 Å². The number of aliphatic carboxylic acids is 1. The standard InChI is InChI=1S/C15H18N10O5S3/c1-24-14(19-22-23-24)32-5-15(12(28)29)3-25-10(27)7(11(25)31-4-15)17-9(26)6(20-30-2)8-18-13(16)33-21-8/h7,11H,3-5H2,1-2H3,(H,17,26)(H,28,29)(H2,16,18,21)/t7?,11-,15?/m1/s1. The Balaban J connectivity index is 1.43. The molecule has 2 saturated heterocycles. The van der Waals surface area contributed by atoms with Crippen molar-refractivity contribution in [2.75, 3.05) is 30.9 Å². The van der Waals surface area contributed by atoms with Crippen LogP contribution in [-0.2, 0) is 26.3 Å². The van der Waals surface area contributed by atoms with Gasteiger partial charge in [-0.3, -0.25) is 14.4 Å². The van der Waals surface area contributed by atoms with E-state index >= 15 is 0 Å². The van der Waals surface area contributed by atoms with E-state index in [1.807, 2.05) is 0 Å². The minimum atomic E-state index is -1.19. The zero-order chi connectivity index (χ0) is 23.8. The van der Waals surface area contributed by atoms with E-state index in [1.54, 1.807) is 7.05 Å². The molecule has 18 heteroatoms. The van der Waals surface area contributed by atoms with Gasteiger partial charge in [0.1, 0.15) is 23.9 Å². The highest BCUT2D eigenvalue weighted by Crippen LogP contribution is 2.44. The molecule has 176 valence electrons. The number of carbonyl (C=O) groups is 3. The van der Waals surface area contributed by atoms with Crippen LogP contribution in [0.5, 0.6) is 0 Å². The van der Waals surface area contributed by atoms with Gasteiger partial charge in [0.25, 0.3) is 5.91 Å². The Bertz CT molecular complexity index is 1120. The summed E-state index contributed by atoms with van der Waals surface area (Å²) in [7, 11) is 2.92. The summed E-state index contributed by atoms with van der Waals surface area (Å²) in [6.07, 6.45) is 0. The fourth-order valence-electron chi connectivity index (χ4n) is 3.27. The molecular formula is C15H18N10O5S3. The van der Waals surface area contributed by atoms with Crippen molar-refractivity contribution in [2.24, 2.45) is 17.6 Å². The molecule has 2 unspecified atom stereocenters. The Morgan fingerprint density at radius 1 is 1.48 bits per heavy atom. The van der Waals surface area contributed by atoms with Gasteiger partial charge in [0.15, 0.2) is 5.13 Å². The van der Waals surface area contributed by atoms with E-state index in [0.717, 1.165) is 11.5 Å². The van der Waals surface area contributed by atoms with Crippen LogP contribution in [0.3, 0.4) is 0 Å². The van der Waals surface area contributed by atoms with Gasteiger partial charge in [0, 0.05) is 36.6 Å². The predicted molar refractivity (Wildman–Crippen MR) is 117 cm³/mol. The number of hydrogen-bond donors (Lipinski definition) is 3. The predicted octanol–water partition coefficient (Wildman–Crippen LogP) is -1.74. The number of aryl methyl sites for hydroxylation is 1. The molecule has 33 heavy (non-hydrogen) atoms. The number of nitrogens with one attached hydrogen (secondary N) is 1. The highest BCUT2D eigenvalue weighted by molar-refractivity contribution is 8.00. The summed E-state index contributed by atoms with van der Waals surface area (Å²) in [5.74, 6) is -1.70. The lowest BCUT2D eigenvalue weighted by Gasteiger charge is -2.53. The molecule has 3 atom stereocenters. The zero-order valence-corrected chi connectivity index (χ0v) is 19.7. The number of carboxylic acids is 1. The van der Waals surface area contributed by atoms with Crippen LogP contribution in [0.4, 0.5) is 5.13 Å². The molecule has 0 aromatic carbocycles. The number of anilines is 1. The monoisotopic (exact) mass is 514 g/mol. The molecule has 0 radical (unpaired) electrons. The minimum Gasteiger partial charge on any atom is -0.481 e. The molecule has 4 N–H and O–H groups in total. The first-order valence-corrected chi connectivity index (χ1v) is 12.1. The van der Waals surface area contributed by atoms with Crippen molar-refractivity contribution in [3.05, 3.63) is 5.82 Å². The number of β-lactam (4-membered cyclic amide) rings is 1. The minimum absolute atomic E-state index is 0.00662. The van der Waals surface area contributed by atoms with E-state index in [-0.39, 0.29) is 40.6 Å². The summed E-state index contributed by atoms with van der Waals surface area (Å²) in [5.41, 5.74) is 4.16. The lowest BCUT2D eigenvalue weighted by Crippen LogP contribution is -2.74. The van der Waals surface area contributed by atoms with Crippen molar-refractivity contribution < 1.29 is 24.3 Å². The first-order chi connectivity index (χ1) is 15.8. The third-order valence-corrected chi connectivity index (χ3v) is 8.43. The molecular weight excluding hydrogens is 496 g/mol. The van der Waals surface area contributed by atoms with Crippen LogP contribution in [0.25, 0.3) is 0 Å². The molecule has 0 aliphatic carbocycles. The molecule has 4 heterocycles. The van der Waals surface area contributed by atoms with E-state index < -0.39 is 28.7 Å². The third-order valence-electron chi connectivity index (χ3n) is 5.00. The van der Waals surface area contributed by atoms with Gasteiger partial charge in [-0.2, -0.15) is 9.36 Å². The molecule has 2 aliphatic heterocycles. The Morgan fingerprint density at radius 3 is 2.88 bits per heavy atom. The number of nitrogens with two attached hydrogens (primary N) is 1. The molecule has 0 bridgehead atoms. The Morgan fingerprint density at radius 2 is 2.27 bits per heavy atom. The van der Waals surface area contributed by atoms with Crippen LogP contribution < -0.4 is 11.1 Å². The quantitative estimate of drug-likeness (QED) is 0.155. The SMILES string of the molecule is CON=C(C(=O)NC1C(=O)N2CC(CSc3nnnn3C)(C(=O)O)CS[C@H]12)c1nsc(N)n1. The maximum absolute atomic E-state index is 12.8. The molecule has 2 amide bonds. The van der Waals surface area contributed by atoms with Gasteiger partial charge in [0.05, 0.1) is 0 Å². The number of tetrazole rings is 1. The van der Waals surface area contributed by atoms with Crippen LogP contribution in [0, 0.1) is 5.41 Å². The van der Waals surface area contributed by atoms with E-state index in [4.69, 9.17) is 10.6 Å². The molecule has 2 aliphatic rings. The third kappa shape index (κ3) is 4.32. The van der Waals surface area contributed by atoms with Crippen molar-refractivity contribution in [2.45, 2.75) is 16.6 Å². The second-order valence-corrected chi connectivity index (χ2v) is 9.99. The summed E-state index contributed by atoms with van der Waals surface area (Å²) in [4.78, 5) is 47.7. The van der Waals surface area contributed by atoms with E-state index in [1.165, 1.54) is 40.2 Å². The topological polar surface area (TPSA) is 204 Å². The second-order valence-electron chi connectivity index (χ2n) is 7.16. The Labute approximate surface area is 198 Å². The van der Waals surface area contributed by atoms with Gasteiger partial charge in [0.2, 0.25) is 22.6 Å². The van der Waals surface area contributed by atoms with Gasteiger partial charge in [-0.15, -0.1) is 16.9 Å². The second kappa shape index (κ2) is 9.10. The Kier molecular flexibility index (Phi) is 6.39. The normalized spacial score (nSPS) is 24.7. The number of aromatic nitrogens is 6. The van der Waals surface area contributed by atoms with Crippen LogP contribution in [-0.4, -0.2) is 99.6 Å². The number of nitrogens with zero attached hydrogens (tertiary/aromatic N) is 8. The molecule has 4 rings (SSSR count). The zero-order valence-electron chi connectivity index (χ0n) is 17.2. The number of hydrogen-bond acceptors (Lipinski definition) is 14. The molecule has 2 fully saturated rings. The van der Waals surface area contributed by atoms with Crippen LogP contribution in [0.15, 0.2) is 10.3 Å². The molecule has 2 aromatic heterocycles. The number of thioether (sulfide) groups is 2. The van der Waals surface area contributed by atoms with Gasteiger partial charge in [-0.1, -0.05) is 16.9 Å². The Hall–Kier alpha value is -2.99. The van der Waals surface area contributed by atoms with Crippen molar-refractivity contribution >= 4 is 63.7 Å². The number of carbonyl (C=O) groups excluding carboxylic acids is 2. The summed E-state index contributed by atoms with van der Waals surface area (Å²) < 4.78 is 5.39. The fourth-order valence-corrected chi connectivity index (χ4v) is 6.41. The van der Waals surface area contributed by atoms with Crippen LogP contribution in [0.2, 0.25) is 0 Å². The van der Waals surface area contributed by atoms with Gasteiger partial charge in [-0.25, -0.2) is 4.68 Å². The first kappa shape index (κ1) is 23.2. The summed E-state index contributed by atoms with van der Waals surface area (Å²) in [5, 5.41) is 27.5. The summed E-state index contributed by atoms with van der Waals surface area (Å²) in [6, 6.07) is -0.845.